The Bertz CT molecular complexity index is 313. The van der Waals surface area contributed by atoms with E-state index in [0.717, 1.165) is 17.9 Å². The number of hydrogen-bond donors (Lipinski definition) is 2. The molecule has 0 unspecified atom stereocenters. The van der Waals surface area contributed by atoms with Crippen LogP contribution < -0.4 is 5.32 Å². The van der Waals surface area contributed by atoms with Crippen LogP contribution in [0.15, 0.2) is 23.6 Å². The molecule has 0 radical (unpaired) electrons. The molecule has 0 atom stereocenters. The van der Waals surface area contributed by atoms with Gasteiger partial charge in [-0.05, 0) is 18.1 Å². The van der Waals surface area contributed by atoms with Crippen LogP contribution in [0.25, 0.3) is 0 Å². The molecule has 0 spiro atoms. The van der Waals surface area contributed by atoms with Gasteiger partial charge in [-0.25, -0.2) is 0 Å². The van der Waals surface area contributed by atoms with Crippen LogP contribution in [0.1, 0.15) is 20.8 Å². The molecular formula is C12H24NO2Si+. The Labute approximate surface area is 99.3 Å². The predicted octanol–water partition coefficient (Wildman–Crippen LogP) is 1.35. The van der Waals surface area contributed by atoms with Crippen LogP contribution in [0.5, 0.6) is 0 Å². The van der Waals surface area contributed by atoms with Crippen LogP contribution in [-0.2, 0) is 4.43 Å². The number of aliphatic hydroxyl groups excluding tert-OH is 1. The smallest absolute Gasteiger partial charge is 0.250 e. The largest absolute Gasteiger partial charge is 0.543 e. The van der Waals surface area contributed by atoms with Crippen LogP contribution in [-0.4, -0.2) is 26.6 Å². The van der Waals surface area contributed by atoms with Gasteiger partial charge in [-0.3, -0.25) is 0 Å². The Morgan fingerprint density at radius 1 is 1.44 bits per heavy atom. The standard InChI is InChI=1S/C12H23NO2Si/c1-12(2,3)16(4,5)15-11-6-7-13-8-10(11)9-14/h6,8,13-14H,7,9H2,1-5H3/p+1. The molecule has 0 fully saturated rings. The molecule has 0 aromatic carbocycles. The van der Waals surface area contributed by atoms with Crippen molar-refractivity contribution in [1.29, 1.82) is 0 Å². The average Bonchev–Trinajstić information content (AvgIpc) is 2.16. The van der Waals surface area contributed by atoms with Gasteiger partial charge in [-0.1, -0.05) is 20.8 Å². The highest BCUT2D eigenvalue weighted by Crippen LogP contribution is 2.38. The molecule has 1 aliphatic heterocycles. The zero-order chi connectivity index (χ0) is 12.4. The molecule has 0 aliphatic carbocycles. The number of nitrogens with two attached hydrogens (primary N) is 1. The van der Waals surface area contributed by atoms with E-state index in [1.165, 1.54) is 0 Å². The molecule has 0 bridgehead atoms. The lowest BCUT2D eigenvalue weighted by Gasteiger charge is -2.37. The highest BCUT2D eigenvalue weighted by atomic mass is 28.4. The average molecular weight is 242 g/mol. The molecule has 4 heteroatoms. The molecule has 1 aliphatic rings. The summed E-state index contributed by atoms with van der Waals surface area (Å²) in [4.78, 5) is 0. The summed E-state index contributed by atoms with van der Waals surface area (Å²) in [6.45, 7) is 12.1. The fraction of sp³-hybridized carbons (Fsp3) is 0.667. The monoisotopic (exact) mass is 242 g/mol. The van der Waals surface area contributed by atoms with Crippen molar-refractivity contribution < 1.29 is 14.8 Å². The van der Waals surface area contributed by atoms with Gasteiger partial charge in [0.15, 0.2) is 0 Å². The van der Waals surface area contributed by atoms with Gasteiger partial charge in [0.2, 0.25) is 8.32 Å². The van der Waals surface area contributed by atoms with Crippen molar-refractivity contribution >= 4 is 8.32 Å². The van der Waals surface area contributed by atoms with E-state index < -0.39 is 8.32 Å². The van der Waals surface area contributed by atoms with Gasteiger partial charge in [-0.2, -0.15) is 0 Å². The Morgan fingerprint density at radius 3 is 2.56 bits per heavy atom. The molecule has 0 aromatic heterocycles. The first kappa shape index (κ1) is 13.5. The van der Waals surface area contributed by atoms with Crippen molar-refractivity contribution in [3.8, 4) is 0 Å². The molecule has 1 heterocycles. The topological polar surface area (TPSA) is 46.1 Å². The quantitative estimate of drug-likeness (QED) is 0.734. The molecule has 1 rings (SSSR count). The summed E-state index contributed by atoms with van der Waals surface area (Å²) in [6, 6.07) is 0. The molecule has 3 N–H and O–H groups in total. The van der Waals surface area contributed by atoms with Gasteiger partial charge in [0.1, 0.15) is 18.5 Å². The second-order valence-corrected chi connectivity index (χ2v) is 10.5. The van der Waals surface area contributed by atoms with E-state index in [4.69, 9.17) is 4.43 Å². The first-order valence-electron chi connectivity index (χ1n) is 5.81. The van der Waals surface area contributed by atoms with Gasteiger partial charge in [0.05, 0.1) is 12.2 Å². The van der Waals surface area contributed by atoms with E-state index in [1.54, 1.807) is 0 Å². The predicted molar refractivity (Wildman–Crippen MR) is 68.3 cm³/mol. The zero-order valence-electron chi connectivity index (χ0n) is 11.0. The summed E-state index contributed by atoms with van der Waals surface area (Å²) in [6.07, 6.45) is 4.02. The third kappa shape index (κ3) is 2.96. The lowest BCUT2D eigenvalue weighted by molar-refractivity contribution is -0.580. The minimum Gasteiger partial charge on any atom is -0.543 e. The molecule has 3 nitrogen and oxygen atoms in total. The molecule has 16 heavy (non-hydrogen) atoms. The first-order chi connectivity index (χ1) is 7.28. The lowest BCUT2D eigenvalue weighted by Crippen LogP contribution is -2.79. The van der Waals surface area contributed by atoms with Gasteiger partial charge in [0, 0.05) is 6.08 Å². The Hall–Kier alpha value is -0.583. The number of aliphatic hydroxyl groups is 1. The summed E-state index contributed by atoms with van der Waals surface area (Å²) in [5, 5.41) is 11.5. The second kappa shape index (κ2) is 4.73. The lowest BCUT2D eigenvalue weighted by atomic mass is 10.2. The highest BCUT2D eigenvalue weighted by Gasteiger charge is 2.40. The third-order valence-electron chi connectivity index (χ3n) is 3.42. The Balaban J connectivity index is 2.81. The Morgan fingerprint density at radius 2 is 2.06 bits per heavy atom. The van der Waals surface area contributed by atoms with Crippen molar-refractivity contribution in [3.63, 3.8) is 0 Å². The van der Waals surface area contributed by atoms with Gasteiger partial charge >= 0.3 is 0 Å². The van der Waals surface area contributed by atoms with Crippen LogP contribution in [0.2, 0.25) is 18.1 Å². The number of hydrogen-bond acceptors (Lipinski definition) is 2. The highest BCUT2D eigenvalue weighted by molar-refractivity contribution is 6.74. The molecule has 0 saturated carbocycles. The van der Waals surface area contributed by atoms with Crippen molar-refractivity contribution in [2.24, 2.45) is 0 Å². The van der Waals surface area contributed by atoms with Crippen LogP contribution in [0.3, 0.4) is 0 Å². The van der Waals surface area contributed by atoms with Crippen molar-refractivity contribution in [2.75, 3.05) is 13.2 Å². The second-order valence-electron chi connectivity index (χ2n) is 5.75. The molecular weight excluding hydrogens is 218 g/mol. The molecule has 0 saturated heterocycles. The Kier molecular flexibility index (Phi) is 3.99. The van der Waals surface area contributed by atoms with E-state index in [-0.39, 0.29) is 11.6 Å². The minimum absolute atomic E-state index is 0.0525. The molecule has 92 valence electrons. The summed E-state index contributed by atoms with van der Waals surface area (Å²) in [5.41, 5.74) is 0.899. The van der Waals surface area contributed by atoms with E-state index >= 15 is 0 Å². The van der Waals surface area contributed by atoms with Crippen LogP contribution in [0, 0.1) is 0 Å². The van der Waals surface area contributed by atoms with Crippen molar-refractivity contribution in [1.82, 2.24) is 0 Å². The van der Waals surface area contributed by atoms with E-state index in [9.17, 15) is 5.11 Å². The van der Waals surface area contributed by atoms with Crippen molar-refractivity contribution in [3.05, 3.63) is 23.6 Å². The SMILES string of the molecule is CC(C)(C)[Si](C)(C)OC1=CC[NH2+]C=C1CO. The maximum absolute atomic E-state index is 9.27. The maximum Gasteiger partial charge on any atom is 0.250 e. The fourth-order valence-electron chi connectivity index (χ4n) is 1.26. The molecule has 0 amide bonds. The summed E-state index contributed by atoms with van der Waals surface area (Å²) in [7, 11) is -1.78. The summed E-state index contributed by atoms with van der Waals surface area (Å²) >= 11 is 0. The third-order valence-corrected chi connectivity index (χ3v) is 7.76. The minimum atomic E-state index is -1.78. The fourth-order valence-corrected chi connectivity index (χ4v) is 2.33. The van der Waals surface area contributed by atoms with Gasteiger partial charge in [-0.15, -0.1) is 0 Å². The van der Waals surface area contributed by atoms with Gasteiger partial charge < -0.3 is 14.8 Å². The number of rotatable bonds is 3. The first-order valence-corrected chi connectivity index (χ1v) is 8.71. The van der Waals surface area contributed by atoms with Crippen molar-refractivity contribution in [2.45, 2.75) is 38.9 Å². The van der Waals surface area contributed by atoms with Crippen LogP contribution >= 0.6 is 0 Å². The normalized spacial score (nSPS) is 17.9. The van der Waals surface area contributed by atoms with E-state index in [0.29, 0.717) is 0 Å². The molecule has 0 aromatic rings. The maximum atomic E-state index is 9.27. The summed E-state index contributed by atoms with van der Waals surface area (Å²) < 4.78 is 6.20. The van der Waals surface area contributed by atoms with Gasteiger partial charge in [0.25, 0.3) is 0 Å². The summed E-state index contributed by atoms with van der Waals surface area (Å²) in [5.74, 6) is 0.886. The van der Waals surface area contributed by atoms with E-state index in [1.807, 2.05) is 11.5 Å². The van der Waals surface area contributed by atoms with Crippen LogP contribution in [0.4, 0.5) is 0 Å². The number of quaternary nitrogens is 1. The zero-order valence-corrected chi connectivity index (χ0v) is 12.0. The van der Waals surface area contributed by atoms with E-state index in [2.05, 4.69) is 39.9 Å².